The third kappa shape index (κ3) is 4.42. The quantitative estimate of drug-likeness (QED) is 0.407. The lowest BCUT2D eigenvalue weighted by molar-refractivity contribution is -0.217. The lowest BCUT2D eigenvalue weighted by Gasteiger charge is -2.36. The number of carbonyl (C=O) groups is 2. The van der Waals surface area contributed by atoms with Crippen LogP contribution in [0.4, 0.5) is 0 Å². The Balaban J connectivity index is 1.30. The first-order valence-electron chi connectivity index (χ1n) is 13.0. The zero-order valence-electron chi connectivity index (χ0n) is 20.5. The van der Waals surface area contributed by atoms with Gasteiger partial charge in [0.25, 0.3) is 5.91 Å². The van der Waals surface area contributed by atoms with E-state index in [0.29, 0.717) is 6.42 Å². The second-order valence-corrected chi connectivity index (χ2v) is 10.5. The molecule has 8 nitrogen and oxygen atoms in total. The van der Waals surface area contributed by atoms with Gasteiger partial charge in [-0.1, -0.05) is 60.4 Å². The summed E-state index contributed by atoms with van der Waals surface area (Å²) in [4.78, 5) is 32.7. The van der Waals surface area contributed by atoms with Gasteiger partial charge in [-0.3, -0.25) is 14.4 Å². The number of nitrogens with two attached hydrogens (primary N) is 1. The van der Waals surface area contributed by atoms with Crippen molar-refractivity contribution in [2.45, 2.75) is 74.6 Å². The van der Waals surface area contributed by atoms with Crippen LogP contribution >= 0.6 is 0 Å². The topological polar surface area (TPSA) is 117 Å². The van der Waals surface area contributed by atoms with Gasteiger partial charge in [0.15, 0.2) is 5.60 Å². The fraction of sp³-hybridized carbons (Fsp3) is 0.448. The standard InChI is InChI=1S/C29H31N3O5/c30-28(35)29-16-22-26(36-22)25(33)23(29)24(27(34)31-21-14-7-15-21)32(37-29)17-20-12-5-4-11-19(20)13-6-10-18-8-2-1-3-9-18/h1-5,8-9,11-12,21-26,33H,7,10,14-17H2,(H2,30,35)(H,31,34)/t22?,23?,24?,25?,26?,29-/m0/s1. The number of nitrogens with one attached hydrogen (secondary N) is 1. The first kappa shape index (κ1) is 24.1. The number of amides is 2. The van der Waals surface area contributed by atoms with E-state index < -0.39 is 35.7 Å². The van der Waals surface area contributed by atoms with Gasteiger partial charge in [-0.25, -0.2) is 0 Å². The van der Waals surface area contributed by atoms with Crippen LogP contribution in [0.15, 0.2) is 54.6 Å². The molecule has 4 aliphatic rings. The van der Waals surface area contributed by atoms with Gasteiger partial charge >= 0.3 is 0 Å². The highest BCUT2D eigenvalue weighted by molar-refractivity contribution is 5.89. The molecule has 8 heteroatoms. The largest absolute Gasteiger partial charge is 0.390 e. The van der Waals surface area contributed by atoms with Crippen LogP contribution in [0.5, 0.6) is 0 Å². The Kier molecular flexibility index (Phi) is 6.25. The molecule has 0 spiro atoms. The maximum atomic E-state index is 13.6. The van der Waals surface area contributed by atoms with E-state index >= 15 is 0 Å². The molecular formula is C29H31N3O5. The second-order valence-electron chi connectivity index (χ2n) is 10.5. The van der Waals surface area contributed by atoms with E-state index in [-0.39, 0.29) is 31.0 Å². The van der Waals surface area contributed by atoms with E-state index in [9.17, 15) is 14.7 Å². The van der Waals surface area contributed by atoms with Crippen molar-refractivity contribution in [1.29, 1.82) is 0 Å². The minimum Gasteiger partial charge on any atom is -0.390 e. The molecular weight excluding hydrogens is 470 g/mol. The summed E-state index contributed by atoms with van der Waals surface area (Å²) in [7, 11) is 0. The number of ether oxygens (including phenoxy) is 1. The molecule has 2 aliphatic carbocycles. The molecule has 2 saturated heterocycles. The van der Waals surface area contributed by atoms with Crippen LogP contribution in [0.3, 0.4) is 0 Å². The lowest BCUT2D eigenvalue weighted by atomic mass is 9.70. The fourth-order valence-corrected chi connectivity index (χ4v) is 5.88. The third-order valence-corrected chi connectivity index (χ3v) is 8.14. The van der Waals surface area contributed by atoms with E-state index in [4.69, 9.17) is 15.3 Å². The van der Waals surface area contributed by atoms with E-state index in [1.54, 1.807) is 0 Å². The van der Waals surface area contributed by atoms with Crippen LogP contribution in [0, 0.1) is 17.8 Å². The number of fused-ring (bicyclic) bond motifs is 2. The number of benzene rings is 2. The Hall–Kier alpha value is -3.22. The molecule has 5 unspecified atom stereocenters. The van der Waals surface area contributed by atoms with Gasteiger partial charge < -0.3 is 20.9 Å². The number of aliphatic hydroxyl groups excluding tert-OH is 1. The van der Waals surface area contributed by atoms with Gasteiger partial charge in [-0.05, 0) is 36.5 Å². The number of hydrogen-bond donors (Lipinski definition) is 3. The molecule has 2 saturated carbocycles. The SMILES string of the molecule is NC(=O)[C@]12CC3OC3C(O)C1C(C(=O)NC1CCC1)N(Cc1ccccc1C#CCc1ccccc1)O2. The summed E-state index contributed by atoms with van der Waals surface area (Å²) in [5, 5.41) is 15.8. The van der Waals surface area contributed by atoms with Crippen LogP contribution in [0.25, 0.3) is 0 Å². The number of primary amides is 1. The number of rotatable bonds is 6. The summed E-state index contributed by atoms with van der Waals surface area (Å²) >= 11 is 0. The number of hydrogen-bond acceptors (Lipinski definition) is 6. The summed E-state index contributed by atoms with van der Waals surface area (Å²) < 4.78 is 5.59. The van der Waals surface area contributed by atoms with Gasteiger partial charge in [-0.2, -0.15) is 5.06 Å². The Morgan fingerprint density at radius 1 is 1.14 bits per heavy atom. The number of nitrogens with zero attached hydrogens (tertiary/aromatic N) is 1. The molecule has 0 radical (unpaired) electrons. The van der Waals surface area contributed by atoms with Crippen LogP contribution in [-0.4, -0.2) is 58.0 Å². The van der Waals surface area contributed by atoms with Crippen molar-refractivity contribution in [2.24, 2.45) is 11.7 Å². The Bertz CT molecular complexity index is 1250. The highest BCUT2D eigenvalue weighted by atomic mass is 16.7. The molecule has 6 atom stereocenters. The normalized spacial score (nSPS) is 32.3. The minimum atomic E-state index is -1.51. The van der Waals surface area contributed by atoms with Crippen molar-refractivity contribution in [3.63, 3.8) is 0 Å². The third-order valence-electron chi connectivity index (χ3n) is 8.14. The maximum Gasteiger partial charge on any atom is 0.252 e. The molecule has 37 heavy (non-hydrogen) atoms. The maximum absolute atomic E-state index is 13.6. The average molecular weight is 502 g/mol. The summed E-state index contributed by atoms with van der Waals surface area (Å²) in [6.45, 7) is 0.216. The van der Waals surface area contributed by atoms with Crippen molar-refractivity contribution in [3.05, 3.63) is 71.3 Å². The first-order valence-corrected chi connectivity index (χ1v) is 13.0. The van der Waals surface area contributed by atoms with E-state index in [0.717, 1.165) is 36.0 Å². The number of hydroxylamine groups is 2. The van der Waals surface area contributed by atoms with Crippen molar-refractivity contribution in [1.82, 2.24) is 10.4 Å². The minimum absolute atomic E-state index is 0.0970. The summed E-state index contributed by atoms with van der Waals surface area (Å²) in [5.41, 5.74) is 7.18. The molecule has 2 aromatic carbocycles. The molecule has 0 aromatic heterocycles. The van der Waals surface area contributed by atoms with E-state index in [1.165, 1.54) is 5.06 Å². The molecule has 4 fully saturated rings. The number of epoxide rings is 1. The molecule has 2 aromatic rings. The lowest BCUT2D eigenvalue weighted by Crippen LogP contribution is -2.61. The van der Waals surface area contributed by atoms with Crippen molar-refractivity contribution in [2.75, 3.05) is 0 Å². The highest BCUT2D eigenvalue weighted by Gasteiger charge is 2.72. The van der Waals surface area contributed by atoms with Gasteiger partial charge in [0, 0.05) is 24.4 Å². The van der Waals surface area contributed by atoms with Crippen molar-refractivity contribution in [3.8, 4) is 11.8 Å². The van der Waals surface area contributed by atoms with Gasteiger partial charge in [-0.15, -0.1) is 0 Å². The van der Waals surface area contributed by atoms with Crippen molar-refractivity contribution < 1.29 is 24.3 Å². The monoisotopic (exact) mass is 501 g/mol. The molecule has 192 valence electrons. The Morgan fingerprint density at radius 2 is 1.89 bits per heavy atom. The molecule has 2 aliphatic heterocycles. The van der Waals surface area contributed by atoms with Crippen LogP contribution in [-0.2, 0) is 32.1 Å². The van der Waals surface area contributed by atoms with Gasteiger partial charge in [0.1, 0.15) is 12.1 Å². The average Bonchev–Trinajstić information content (AvgIpc) is 3.56. The van der Waals surface area contributed by atoms with Crippen molar-refractivity contribution >= 4 is 11.8 Å². The number of carbonyl (C=O) groups excluding carboxylic acids is 2. The van der Waals surface area contributed by atoms with Gasteiger partial charge in [0.2, 0.25) is 5.91 Å². The van der Waals surface area contributed by atoms with E-state index in [2.05, 4.69) is 17.2 Å². The molecule has 2 amide bonds. The van der Waals surface area contributed by atoms with Crippen LogP contribution < -0.4 is 11.1 Å². The highest BCUT2D eigenvalue weighted by Crippen LogP contribution is 2.53. The Morgan fingerprint density at radius 3 is 2.62 bits per heavy atom. The molecule has 4 N–H and O–H groups in total. The smallest absolute Gasteiger partial charge is 0.252 e. The summed E-state index contributed by atoms with van der Waals surface area (Å²) in [6.07, 6.45) is 2.00. The molecule has 2 heterocycles. The van der Waals surface area contributed by atoms with E-state index in [1.807, 2.05) is 54.6 Å². The second kappa shape index (κ2) is 9.58. The first-order chi connectivity index (χ1) is 18.0. The zero-order chi connectivity index (χ0) is 25.6. The predicted molar refractivity (Wildman–Crippen MR) is 134 cm³/mol. The van der Waals surface area contributed by atoms with Gasteiger partial charge in [0.05, 0.1) is 24.7 Å². The zero-order valence-corrected chi connectivity index (χ0v) is 20.5. The molecule has 0 bridgehead atoms. The fourth-order valence-electron chi connectivity index (χ4n) is 5.88. The number of aliphatic hydroxyl groups is 1. The Labute approximate surface area is 216 Å². The van der Waals surface area contributed by atoms with Crippen LogP contribution in [0.2, 0.25) is 0 Å². The summed E-state index contributed by atoms with van der Waals surface area (Å²) in [6, 6.07) is 16.9. The molecule has 6 rings (SSSR count). The predicted octanol–water partition coefficient (Wildman–Crippen LogP) is 1.44. The summed E-state index contributed by atoms with van der Waals surface area (Å²) in [5.74, 6) is 4.71. The van der Waals surface area contributed by atoms with Crippen LogP contribution in [0.1, 0.15) is 42.4 Å².